The van der Waals surface area contributed by atoms with E-state index >= 15 is 0 Å². The van der Waals surface area contributed by atoms with Crippen molar-refractivity contribution in [2.24, 2.45) is 5.92 Å². The molecule has 1 fully saturated rings. The number of hydrogen-bond donors (Lipinski definition) is 2. The first-order valence-corrected chi connectivity index (χ1v) is 6.35. The molecule has 0 aromatic carbocycles. The lowest BCUT2D eigenvalue weighted by Gasteiger charge is -2.23. The Kier molecular flexibility index (Phi) is 3.69. The van der Waals surface area contributed by atoms with Crippen LogP contribution in [0.15, 0.2) is 12.3 Å². The van der Waals surface area contributed by atoms with Crippen molar-refractivity contribution in [3.05, 3.63) is 17.8 Å². The van der Waals surface area contributed by atoms with Gasteiger partial charge in [-0.05, 0) is 31.2 Å². The molecule has 1 aromatic rings. The maximum Gasteiger partial charge on any atom is 0.337 e. The average molecular weight is 249 g/mol. The van der Waals surface area contributed by atoms with E-state index in [4.69, 9.17) is 10.8 Å². The van der Waals surface area contributed by atoms with E-state index in [0.717, 1.165) is 31.2 Å². The summed E-state index contributed by atoms with van der Waals surface area (Å²) in [4.78, 5) is 17.5. The fourth-order valence-electron chi connectivity index (χ4n) is 1.99. The van der Waals surface area contributed by atoms with Gasteiger partial charge in [0.1, 0.15) is 5.82 Å². The molecule has 0 spiro atoms. The third-order valence-corrected chi connectivity index (χ3v) is 3.14. The molecular weight excluding hydrogens is 230 g/mol. The normalized spacial score (nSPS) is 14.5. The molecular formula is C13H19N3O2. The predicted octanol–water partition coefficient (Wildman–Crippen LogP) is 1.99. The maximum absolute atomic E-state index is 11.1. The first-order chi connectivity index (χ1) is 8.61. The highest BCUT2D eigenvalue weighted by molar-refractivity contribution is 5.94. The van der Waals surface area contributed by atoms with Gasteiger partial charge < -0.3 is 15.7 Å². The quantitative estimate of drug-likeness (QED) is 0.806. The summed E-state index contributed by atoms with van der Waals surface area (Å²) in [5.74, 6) is 0.457. The molecule has 0 aliphatic heterocycles. The van der Waals surface area contributed by atoms with E-state index in [1.54, 1.807) is 6.07 Å². The van der Waals surface area contributed by atoms with Gasteiger partial charge in [0.25, 0.3) is 0 Å². The Bertz CT molecular complexity index is 444. The number of nitrogens with zero attached hydrogens (tertiary/aromatic N) is 2. The van der Waals surface area contributed by atoms with Gasteiger partial charge in [0.2, 0.25) is 0 Å². The molecule has 5 heteroatoms. The largest absolute Gasteiger partial charge is 0.478 e. The highest BCUT2D eigenvalue weighted by Crippen LogP contribution is 2.31. The fourth-order valence-corrected chi connectivity index (χ4v) is 1.99. The number of nitrogens with two attached hydrogens (primary N) is 1. The second-order valence-electron chi connectivity index (χ2n) is 4.82. The van der Waals surface area contributed by atoms with Crippen LogP contribution in [0.25, 0.3) is 0 Å². The van der Waals surface area contributed by atoms with Crippen LogP contribution in [-0.4, -0.2) is 29.1 Å². The molecule has 1 heterocycles. The number of nitrogen functional groups attached to an aromatic ring is 1. The van der Waals surface area contributed by atoms with E-state index in [1.807, 2.05) is 0 Å². The van der Waals surface area contributed by atoms with E-state index < -0.39 is 5.97 Å². The van der Waals surface area contributed by atoms with Crippen molar-refractivity contribution in [1.29, 1.82) is 0 Å². The van der Waals surface area contributed by atoms with Crippen LogP contribution in [0.1, 0.15) is 36.5 Å². The molecule has 1 aliphatic carbocycles. The zero-order valence-electron chi connectivity index (χ0n) is 10.6. The van der Waals surface area contributed by atoms with Crippen LogP contribution in [0.3, 0.4) is 0 Å². The molecule has 5 nitrogen and oxygen atoms in total. The molecule has 0 radical (unpaired) electrons. The summed E-state index contributed by atoms with van der Waals surface area (Å²) in [6.45, 7) is 3.96. The number of aromatic nitrogens is 1. The molecule has 1 aromatic heterocycles. The molecule has 0 unspecified atom stereocenters. The van der Waals surface area contributed by atoms with E-state index in [2.05, 4.69) is 16.8 Å². The third kappa shape index (κ3) is 2.91. The van der Waals surface area contributed by atoms with Crippen molar-refractivity contribution in [2.75, 3.05) is 23.7 Å². The van der Waals surface area contributed by atoms with Crippen LogP contribution in [0.5, 0.6) is 0 Å². The van der Waals surface area contributed by atoms with Gasteiger partial charge in [-0.25, -0.2) is 9.78 Å². The summed E-state index contributed by atoms with van der Waals surface area (Å²) in [6.07, 6.45) is 4.98. The number of anilines is 2. The first kappa shape index (κ1) is 12.7. The Labute approximate surface area is 107 Å². The van der Waals surface area contributed by atoms with Gasteiger partial charge in [-0.2, -0.15) is 0 Å². The van der Waals surface area contributed by atoms with Crippen molar-refractivity contribution >= 4 is 17.5 Å². The topological polar surface area (TPSA) is 79.5 Å². The van der Waals surface area contributed by atoms with Gasteiger partial charge in [-0.3, -0.25) is 0 Å². The van der Waals surface area contributed by atoms with Gasteiger partial charge in [-0.1, -0.05) is 6.92 Å². The lowest BCUT2D eigenvalue weighted by atomic mass is 10.2. The molecule has 98 valence electrons. The minimum atomic E-state index is -1.00. The monoisotopic (exact) mass is 249 g/mol. The Morgan fingerprint density at radius 2 is 2.33 bits per heavy atom. The second kappa shape index (κ2) is 5.25. The highest BCUT2D eigenvalue weighted by atomic mass is 16.4. The van der Waals surface area contributed by atoms with Crippen LogP contribution in [0, 0.1) is 5.92 Å². The van der Waals surface area contributed by atoms with Gasteiger partial charge in [0.15, 0.2) is 0 Å². The van der Waals surface area contributed by atoms with Crippen LogP contribution in [0.4, 0.5) is 11.5 Å². The van der Waals surface area contributed by atoms with Gasteiger partial charge >= 0.3 is 5.97 Å². The number of carbonyl (C=O) groups is 1. The standard InChI is InChI=1S/C13H19N3O2/c1-2-5-16(8-9-3-4-9)12-6-10(13(17)18)11(14)7-15-12/h6-7,9H,2-5,8,14H2,1H3,(H,17,18). The van der Waals surface area contributed by atoms with E-state index in [0.29, 0.717) is 0 Å². The van der Waals surface area contributed by atoms with Crippen molar-refractivity contribution < 1.29 is 9.90 Å². The summed E-state index contributed by atoms with van der Waals surface area (Å²) >= 11 is 0. The lowest BCUT2D eigenvalue weighted by Crippen LogP contribution is -2.27. The van der Waals surface area contributed by atoms with Crippen molar-refractivity contribution in [3.63, 3.8) is 0 Å². The first-order valence-electron chi connectivity index (χ1n) is 6.35. The smallest absolute Gasteiger partial charge is 0.337 e. The molecule has 0 amide bonds. The number of pyridine rings is 1. The van der Waals surface area contributed by atoms with Crippen molar-refractivity contribution in [2.45, 2.75) is 26.2 Å². The van der Waals surface area contributed by atoms with E-state index in [9.17, 15) is 4.79 Å². The number of hydrogen-bond acceptors (Lipinski definition) is 4. The number of carboxylic acids is 1. The van der Waals surface area contributed by atoms with Gasteiger partial charge in [0, 0.05) is 13.1 Å². The molecule has 18 heavy (non-hydrogen) atoms. The summed E-state index contributed by atoms with van der Waals surface area (Å²) in [7, 11) is 0. The van der Waals surface area contributed by atoms with Gasteiger partial charge in [0.05, 0.1) is 17.4 Å². The molecule has 1 saturated carbocycles. The third-order valence-electron chi connectivity index (χ3n) is 3.14. The molecule has 3 N–H and O–H groups in total. The Morgan fingerprint density at radius 1 is 1.61 bits per heavy atom. The predicted molar refractivity (Wildman–Crippen MR) is 70.8 cm³/mol. The summed E-state index contributed by atoms with van der Waals surface area (Å²) in [5, 5.41) is 9.07. The summed E-state index contributed by atoms with van der Waals surface area (Å²) in [5.41, 5.74) is 5.97. The molecule has 0 bridgehead atoms. The Hall–Kier alpha value is -1.78. The van der Waals surface area contributed by atoms with E-state index in [-0.39, 0.29) is 11.3 Å². The van der Waals surface area contributed by atoms with Crippen LogP contribution in [-0.2, 0) is 0 Å². The highest BCUT2D eigenvalue weighted by Gasteiger charge is 2.25. The molecule has 0 saturated heterocycles. The number of rotatable bonds is 6. The number of aromatic carboxylic acids is 1. The fraction of sp³-hybridized carbons (Fsp3) is 0.538. The lowest BCUT2D eigenvalue weighted by molar-refractivity contribution is 0.0698. The second-order valence-corrected chi connectivity index (χ2v) is 4.82. The summed E-state index contributed by atoms with van der Waals surface area (Å²) in [6, 6.07) is 1.58. The van der Waals surface area contributed by atoms with E-state index in [1.165, 1.54) is 19.0 Å². The minimum absolute atomic E-state index is 0.136. The van der Waals surface area contributed by atoms with Gasteiger partial charge in [-0.15, -0.1) is 0 Å². The zero-order valence-corrected chi connectivity index (χ0v) is 10.6. The zero-order chi connectivity index (χ0) is 13.1. The molecule has 0 atom stereocenters. The SMILES string of the molecule is CCCN(CC1CC1)c1cc(C(=O)O)c(N)cn1. The summed E-state index contributed by atoms with van der Waals surface area (Å²) < 4.78 is 0. The maximum atomic E-state index is 11.1. The molecule has 2 rings (SSSR count). The Morgan fingerprint density at radius 3 is 2.89 bits per heavy atom. The average Bonchev–Trinajstić information content (AvgIpc) is 3.13. The van der Waals surface area contributed by atoms with Crippen LogP contribution < -0.4 is 10.6 Å². The number of carboxylic acid groups (broad SMARTS) is 1. The molecule has 1 aliphatic rings. The van der Waals surface area contributed by atoms with Crippen molar-refractivity contribution in [1.82, 2.24) is 4.98 Å². The van der Waals surface area contributed by atoms with Crippen LogP contribution >= 0.6 is 0 Å². The Balaban J connectivity index is 2.22. The van der Waals surface area contributed by atoms with Crippen molar-refractivity contribution in [3.8, 4) is 0 Å². The minimum Gasteiger partial charge on any atom is -0.478 e. The van der Waals surface area contributed by atoms with Crippen LogP contribution in [0.2, 0.25) is 0 Å².